The molecule has 8 heavy (non-hydrogen) atoms. The Morgan fingerprint density at radius 1 is 1.62 bits per heavy atom. The minimum absolute atomic E-state index is 0.916. The van der Waals surface area contributed by atoms with Gasteiger partial charge in [-0.1, -0.05) is 0 Å². The highest BCUT2D eigenvalue weighted by Gasteiger charge is 1.75. The van der Waals surface area contributed by atoms with Crippen LogP contribution in [0.4, 0.5) is 0 Å². The third kappa shape index (κ3) is 3.33. The quantitative estimate of drug-likeness (QED) is 0.405. The minimum atomic E-state index is 0.916. The van der Waals surface area contributed by atoms with Crippen molar-refractivity contribution in [1.82, 2.24) is 5.43 Å². The molecule has 0 amide bonds. The molecule has 0 spiro atoms. The van der Waals surface area contributed by atoms with Gasteiger partial charge in [0.2, 0.25) is 0 Å². The van der Waals surface area contributed by atoms with Crippen LogP contribution in [-0.2, 0) is 0 Å². The van der Waals surface area contributed by atoms with Gasteiger partial charge in [0.15, 0.2) is 0 Å². The summed E-state index contributed by atoms with van der Waals surface area (Å²) in [5, 5.41) is 3.74. The maximum Gasteiger partial charge on any atom is 0.0675 e. The highest BCUT2D eigenvalue weighted by atomic mass is 15.3. The van der Waals surface area contributed by atoms with Crippen LogP contribution in [0.3, 0.4) is 0 Å². The smallest absolute Gasteiger partial charge is 0.0675 e. The van der Waals surface area contributed by atoms with E-state index in [4.69, 9.17) is 0 Å². The minimum Gasteiger partial charge on any atom is -0.313 e. The van der Waals surface area contributed by atoms with Crippen molar-refractivity contribution < 1.29 is 0 Å². The molecule has 1 N–H and O–H groups in total. The monoisotopic (exact) mass is 113 g/mol. The largest absolute Gasteiger partial charge is 0.313 e. The first-order valence-electron chi connectivity index (χ1n) is 2.44. The number of aliphatic imine (C=N–C) groups is 1. The standard InChI is InChI=1S/C5H11N3/c1-5(6-2)4-8-7-3/h4,7H,1-3H3/b6-5-,8-4-. The number of hydrogen-bond donors (Lipinski definition) is 1. The molecule has 3 heteroatoms. The summed E-state index contributed by atoms with van der Waals surface area (Å²) in [4.78, 5) is 3.85. The average molecular weight is 113 g/mol. The second-order valence-corrected chi connectivity index (χ2v) is 1.35. The molecule has 0 aliphatic carbocycles. The van der Waals surface area contributed by atoms with Crippen molar-refractivity contribution >= 4 is 11.9 Å². The zero-order valence-electron chi connectivity index (χ0n) is 5.47. The van der Waals surface area contributed by atoms with Crippen LogP contribution >= 0.6 is 0 Å². The van der Waals surface area contributed by atoms with Crippen LogP contribution in [0.5, 0.6) is 0 Å². The van der Waals surface area contributed by atoms with E-state index in [9.17, 15) is 0 Å². The summed E-state index contributed by atoms with van der Waals surface area (Å²) in [6.45, 7) is 1.89. The molecule has 0 fully saturated rings. The molecule has 0 bridgehead atoms. The van der Waals surface area contributed by atoms with Crippen LogP contribution in [0.25, 0.3) is 0 Å². The van der Waals surface area contributed by atoms with E-state index in [-0.39, 0.29) is 0 Å². The lowest BCUT2D eigenvalue weighted by Crippen LogP contribution is -1.99. The van der Waals surface area contributed by atoms with Crippen LogP contribution in [-0.4, -0.2) is 26.0 Å². The highest BCUT2D eigenvalue weighted by Crippen LogP contribution is 1.65. The van der Waals surface area contributed by atoms with Crippen molar-refractivity contribution in [2.24, 2.45) is 10.1 Å². The summed E-state index contributed by atoms with van der Waals surface area (Å²) in [5.41, 5.74) is 3.54. The lowest BCUT2D eigenvalue weighted by atomic mass is 10.5. The Labute approximate surface area is 49.5 Å². The predicted octanol–water partition coefficient (Wildman–Crippen LogP) is 0.282. The van der Waals surface area contributed by atoms with Crippen molar-refractivity contribution in [2.45, 2.75) is 6.92 Å². The summed E-state index contributed by atoms with van der Waals surface area (Å²) in [6.07, 6.45) is 1.67. The summed E-state index contributed by atoms with van der Waals surface area (Å²) in [6, 6.07) is 0. The van der Waals surface area contributed by atoms with E-state index in [1.165, 1.54) is 0 Å². The molecule has 0 saturated carbocycles. The molecule has 0 aliphatic heterocycles. The molecule has 0 saturated heterocycles. The number of hydrogen-bond acceptors (Lipinski definition) is 3. The van der Waals surface area contributed by atoms with Gasteiger partial charge in [0.05, 0.1) is 11.9 Å². The fraction of sp³-hybridized carbons (Fsp3) is 0.600. The van der Waals surface area contributed by atoms with Gasteiger partial charge in [-0.3, -0.25) is 4.99 Å². The maximum atomic E-state index is 3.85. The van der Waals surface area contributed by atoms with Gasteiger partial charge in [-0.25, -0.2) is 0 Å². The molecular formula is C5H11N3. The third-order valence-electron chi connectivity index (χ3n) is 0.733. The van der Waals surface area contributed by atoms with Crippen LogP contribution in [0.15, 0.2) is 10.1 Å². The fourth-order valence-corrected chi connectivity index (χ4v) is 0.216. The van der Waals surface area contributed by atoms with Gasteiger partial charge < -0.3 is 5.43 Å². The zero-order valence-corrected chi connectivity index (χ0v) is 5.47. The lowest BCUT2D eigenvalue weighted by molar-refractivity contribution is 0.910. The zero-order chi connectivity index (χ0) is 6.41. The summed E-state index contributed by atoms with van der Waals surface area (Å²) in [7, 11) is 3.48. The van der Waals surface area contributed by atoms with Crippen LogP contribution < -0.4 is 5.43 Å². The fourth-order valence-electron chi connectivity index (χ4n) is 0.216. The molecule has 3 nitrogen and oxygen atoms in total. The normalized spacial score (nSPS) is 12.6. The van der Waals surface area contributed by atoms with Crippen LogP contribution in [0.1, 0.15) is 6.92 Å². The third-order valence-corrected chi connectivity index (χ3v) is 0.733. The van der Waals surface area contributed by atoms with E-state index in [2.05, 4.69) is 15.5 Å². The Morgan fingerprint density at radius 2 is 2.25 bits per heavy atom. The van der Waals surface area contributed by atoms with Crippen molar-refractivity contribution in [1.29, 1.82) is 0 Å². The summed E-state index contributed by atoms with van der Waals surface area (Å²) < 4.78 is 0. The molecule has 0 aromatic carbocycles. The Morgan fingerprint density at radius 3 is 2.62 bits per heavy atom. The van der Waals surface area contributed by atoms with Crippen LogP contribution in [0, 0.1) is 0 Å². The van der Waals surface area contributed by atoms with Gasteiger partial charge >= 0.3 is 0 Å². The maximum absolute atomic E-state index is 3.85. The van der Waals surface area contributed by atoms with Gasteiger partial charge in [0.1, 0.15) is 0 Å². The Kier molecular flexibility index (Phi) is 3.84. The first-order valence-corrected chi connectivity index (χ1v) is 2.44. The second kappa shape index (κ2) is 4.30. The van der Waals surface area contributed by atoms with Crippen molar-refractivity contribution in [3.05, 3.63) is 0 Å². The number of hydrazone groups is 1. The molecule has 0 aliphatic rings. The molecule has 0 heterocycles. The van der Waals surface area contributed by atoms with Gasteiger partial charge in [0.25, 0.3) is 0 Å². The number of rotatable bonds is 2. The van der Waals surface area contributed by atoms with Gasteiger partial charge in [0, 0.05) is 14.1 Å². The Balaban J connectivity index is 3.53. The van der Waals surface area contributed by atoms with Crippen molar-refractivity contribution in [2.75, 3.05) is 14.1 Å². The number of nitrogens with one attached hydrogen (secondary N) is 1. The lowest BCUT2D eigenvalue weighted by Gasteiger charge is -1.85. The molecule has 0 atom stereocenters. The molecular weight excluding hydrogens is 102 g/mol. The van der Waals surface area contributed by atoms with E-state index >= 15 is 0 Å². The molecule has 0 rings (SSSR count). The second-order valence-electron chi connectivity index (χ2n) is 1.35. The van der Waals surface area contributed by atoms with E-state index in [1.807, 2.05) is 6.92 Å². The molecule has 0 aromatic heterocycles. The molecule has 0 unspecified atom stereocenters. The topological polar surface area (TPSA) is 36.8 Å². The van der Waals surface area contributed by atoms with E-state index in [0.29, 0.717) is 0 Å². The van der Waals surface area contributed by atoms with Gasteiger partial charge in [-0.05, 0) is 6.92 Å². The molecule has 0 radical (unpaired) electrons. The van der Waals surface area contributed by atoms with Crippen LogP contribution in [0.2, 0.25) is 0 Å². The van der Waals surface area contributed by atoms with Gasteiger partial charge in [-0.15, -0.1) is 0 Å². The summed E-state index contributed by atoms with van der Waals surface area (Å²) >= 11 is 0. The Hall–Kier alpha value is -0.860. The first kappa shape index (κ1) is 7.14. The Bertz CT molecular complexity index is 104. The predicted molar refractivity (Wildman–Crippen MR) is 36.6 cm³/mol. The average Bonchev–Trinajstić information content (AvgIpc) is 1.83. The van der Waals surface area contributed by atoms with Crippen molar-refractivity contribution in [3.8, 4) is 0 Å². The molecule has 0 aromatic rings. The van der Waals surface area contributed by atoms with E-state index in [1.54, 1.807) is 20.3 Å². The van der Waals surface area contributed by atoms with E-state index in [0.717, 1.165) is 5.71 Å². The van der Waals surface area contributed by atoms with E-state index < -0.39 is 0 Å². The number of nitrogens with zero attached hydrogens (tertiary/aromatic N) is 2. The van der Waals surface area contributed by atoms with Crippen molar-refractivity contribution in [3.63, 3.8) is 0 Å². The summed E-state index contributed by atoms with van der Waals surface area (Å²) in [5.74, 6) is 0. The first-order chi connectivity index (χ1) is 3.81. The highest BCUT2D eigenvalue weighted by molar-refractivity contribution is 6.29. The van der Waals surface area contributed by atoms with Gasteiger partial charge in [-0.2, -0.15) is 5.10 Å². The molecule has 46 valence electrons. The SMILES string of the molecule is C/N=C(C)\C=N/NC.